The van der Waals surface area contributed by atoms with Gasteiger partial charge in [0, 0.05) is 44.5 Å². The van der Waals surface area contributed by atoms with E-state index in [1.54, 1.807) is 14.2 Å². The molecule has 0 aromatic heterocycles. The third kappa shape index (κ3) is 5.77. The summed E-state index contributed by atoms with van der Waals surface area (Å²) in [5.74, 6) is 1.69. The maximum atomic E-state index is 13.0. The summed E-state index contributed by atoms with van der Waals surface area (Å²) in [5.41, 5.74) is 3.41. The van der Waals surface area contributed by atoms with Crippen molar-refractivity contribution < 1.29 is 14.3 Å². The quantitative estimate of drug-likeness (QED) is 0.647. The minimum Gasteiger partial charge on any atom is -0.493 e. The number of methoxy groups -OCH3 is 2. The summed E-state index contributed by atoms with van der Waals surface area (Å²) in [6.07, 6.45) is 0. The number of anilines is 1. The molecule has 0 spiro atoms. The van der Waals surface area contributed by atoms with Crippen molar-refractivity contribution in [3.05, 3.63) is 53.6 Å². The number of amides is 1. The third-order valence-corrected chi connectivity index (χ3v) is 5.88. The van der Waals surface area contributed by atoms with E-state index in [1.807, 2.05) is 41.3 Å². The molecule has 6 heteroatoms. The molecule has 1 saturated heterocycles. The SMILES string of the molecule is COc1cc(C)c(CN2CCN(CC(=O)N(c3ccccc3)C(C)C)CC2)cc1OC. The van der Waals surface area contributed by atoms with E-state index in [9.17, 15) is 4.79 Å². The first-order chi connectivity index (χ1) is 14.9. The Morgan fingerprint density at radius 2 is 1.55 bits per heavy atom. The first kappa shape index (κ1) is 23.1. The van der Waals surface area contributed by atoms with E-state index in [-0.39, 0.29) is 11.9 Å². The Bertz CT molecular complexity index is 862. The number of ether oxygens (including phenoxy) is 2. The van der Waals surface area contributed by atoms with E-state index in [4.69, 9.17) is 9.47 Å². The van der Waals surface area contributed by atoms with Crippen LogP contribution in [0.15, 0.2) is 42.5 Å². The lowest BCUT2D eigenvalue weighted by molar-refractivity contribution is -0.120. The van der Waals surface area contributed by atoms with Crippen LogP contribution in [0.4, 0.5) is 5.69 Å². The van der Waals surface area contributed by atoms with E-state index in [0.29, 0.717) is 6.54 Å². The van der Waals surface area contributed by atoms with Crippen molar-refractivity contribution in [1.29, 1.82) is 0 Å². The number of hydrogen-bond acceptors (Lipinski definition) is 5. The molecule has 1 aliphatic rings. The molecule has 1 aliphatic heterocycles. The second-order valence-corrected chi connectivity index (χ2v) is 8.38. The molecule has 0 atom stereocenters. The Kier molecular flexibility index (Phi) is 7.93. The molecule has 0 N–H and O–H groups in total. The predicted molar refractivity (Wildman–Crippen MR) is 125 cm³/mol. The Morgan fingerprint density at radius 1 is 0.968 bits per heavy atom. The average molecular weight is 426 g/mol. The van der Waals surface area contributed by atoms with Gasteiger partial charge in [-0.05, 0) is 56.2 Å². The lowest BCUT2D eigenvalue weighted by Gasteiger charge is -2.36. The van der Waals surface area contributed by atoms with Crippen LogP contribution in [0.1, 0.15) is 25.0 Å². The van der Waals surface area contributed by atoms with Crippen LogP contribution in [-0.2, 0) is 11.3 Å². The molecule has 0 aliphatic carbocycles. The highest BCUT2D eigenvalue weighted by molar-refractivity contribution is 5.95. The maximum Gasteiger partial charge on any atom is 0.241 e. The van der Waals surface area contributed by atoms with Crippen molar-refractivity contribution in [2.24, 2.45) is 0 Å². The van der Waals surface area contributed by atoms with Gasteiger partial charge in [0.1, 0.15) is 0 Å². The minimum absolute atomic E-state index is 0.129. The fourth-order valence-electron chi connectivity index (χ4n) is 4.13. The summed E-state index contributed by atoms with van der Waals surface area (Å²) in [4.78, 5) is 19.6. The summed E-state index contributed by atoms with van der Waals surface area (Å²) < 4.78 is 10.9. The van der Waals surface area contributed by atoms with E-state index >= 15 is 0 Å². The summed E-state index contributed by atoms with van der Waals surface area (Å²) in [6, 6.07) is 14.2. The molecule has 2 aromatic carbocycles. The van der Waals surface area contributed by atoms with Gasteiger partial charge in [-0.15, -0.1) is 0 Å². The van der Waals surface area contributed by atoms with Crippen molar-refractivity contribution in [2.75, 3.05) is 51.8 Å². The molecule has 0 unspecified atom stereocenters. The molecule has 3 rings (SSSR count). The largest absolute Gasteiger partial charge is 0.493 e. The number of para-hydroxylation sites is 1. The van der Waals surface area contributed by atoms with Crippen molar-refractivity contribution in [1.82, 2.24) is 9.80 Å². The zero-order valence-corrected chi connectivity index (χ0v) is 19.4. The van der Waals surface area contributed by atoms with Gasteiger partial charge in [0.05, 0.1) is 20.8 Å². The van der Waals surface area contributed by atoms with Crippen LogP contribution in [-0.4, -0.2) is 68.7 Å². The molecule has 6 nitrogen and oxygen atoms in total. The minimum atomic E-state index is 0.129. The number of benzene rings is 2. The zero-order valence-electron chi connectivity index (χ0n) is 19.4. The number of nitrogens with zero attached hydrogens (tertiary/aromatic N) is 3. The van der Waals surface area contributed by atoms with E-state index in [1.165, 1.54) is 11.1 Å². The van der Waals surface area contributed by atoms with Gasteiger partial charge in [-0.25, -0.2) is 0 Å². The van der Waals surface area contributed by atoms with Gasteiger partial charge in [0.2, 0.25) is 5.91 Å². The van der Waals surface area contributed by atoms with Crippen LogP contribution < -0.4 is 14.4 Å². The monoisotopic (exact) mass is 425 g/mol. The molecular weight excluding hydrogens is 390 g/mol. The normalized spacial score (nSPS) is 15.2. The number of carbonyl (C=O) groups excluding carboxylic acids is 1. The fourth-order valence-corrected chi connectivity index (χ4v) is 4.13. The fraction of sp³-hybridized carbons (Fsp3) is 0.480. The van der Waals surface area contributed by atoms with Crippen LogP contribution in [0.25, 0.3) is 0 Å². The number of rotatable bonds is 8. The van der Waals surface area contributed by atoms with Crippen molar-refractivity contribution in [3.8, 4) is 11.5 Å². The van der Waals surface area contributed by atoms with Crippen LogP contribution in [0.5, 0.6) is 11.5 Å². The highest BCUT2D eigenvalue weighted by Gasteiger charge is 2.24. The number of aryl methyl sites for hydroxylation is 1. The second kappa shape index (κ2) is 10.6. The number of hydrogen-bond donors (Lipinski definition) is 0. The topological polar surface area (TPSA) is 45.2 Å². The zero-order chi connectivity index (χ0) is 22.4. The first-order valence-electron chi connectivity index (χ1n) is 11.0. The molecule has 31 heavy (non-hydrogen) atoms. The van der Waals surface area contributed by atoms with Crippen LogP contribution in [0.2, 0.25) is 0 Å². The molecule has 0 saturated carbocycles. The smallest absolute Gasteiger partial charge is 0.241 e. The molecule has 0 radical (unpaired) electrons. The van der Waals surface area contributed by atoms with Crippen LogP contribution in [0, 0.1) is 6.92 Å². The molecule has 1 heterocycles. The van der Waals surface area contributed by atoms with Gasteiger partial charge < -0.3 is 14.4 Å². The summed E-state index contributed by atoms with van der Waals surface area (Å²) >= 11 is 0. The number of piperazine rings is 1. The molecule has 1 amide bonds. The Labute approximate surface area is 186 Å². The first-order valence-corrected chi connectivity index (χ1v) is 11.0. The Morgan fingerprint density at radius 3 is 2.13 bits per heavy atom. The summed E-state index contributed by atoms with van der Waals surface area (Å²) in [7, 11) is 3.33. The van der Waals surface area contributed by atoms with Crippen molar-refractivity contribution in [2.45, 2.75) is 33.4 Å². The van der Waals surface area contributed by atoms with Gasteiger partial charge in [-0.3, -0.25) is 14.6 Å². The van der Waals surface area contributed by atoms with Gasteiger partial charge in [0.25, 0.3) is 0 Å². The van der Waals surface area contributed by atoms with Gasteiger partial charge in [0.15, 0.2) is 11.5 Å². The van der Waals surface area contributed by atoms with Crippen LogP contribution in [0.3, 0.4) is 0 Å². The van der Waals surface area contributed by atoms with Gasteiger partial charge in [-0.1, -0.05) is 18.2 Å². The van der Waals surface area contributed by atoms with E-state index in [2.05, 4.69) is 36.6 Å². The summed E-state index contributed by atoms with van der Waals surface area (Å²) in [5, 5.41) is 0. The number of carbonyl (C=O) groups is 1. The molecular formula is C25H35N3O3. The third-order valence-electron chi connectivity index (χ3n) is 5.88. The molecule has 0 bridgehead atoms. The second-order valence-electron chi connectivity index (χ2n) is 8.38. The van der Waals surface area contributed by atoms with E-state index < -0.39 is 0 Å². The van der Waals surface area contributed by atoms with Gasteiger partial charge in [-0.2, -0.15) is 0 Å². The summed E-state index contributed by atoms with van der Waals surface area (Å²) in [6.45, 7) is 11.2. The maximum absolute atomic E-state index is 13.0. The lowest BCUT2D eigenvalue weighted by atomic mass is 10.1. The Balaban J connectivity index is 1.57. The van der Waals surface area contributed by atoms with Crippen molar-refractivity contribution >= 4 is 11.6 Å². The lowest BCUT2D eigenvalue weighted by Crippen LogP contribution is -2.50. The highest BCUT2D eigenvalue weighted by Crippen LogP contribution is 2.31. The van der Waals surface area contributed by atoms with Crippen LogP contribution >= 0.6 is 0 Å². The molecule has 1 fully saturated rings. The standard InChI is InChI=1S/C25H35N3O3/c1-19(2)28(22-9-7-6-8-10-22)25(29)18-27-13-11-26(12-14-27)17-21-16-24(31-5)23(30-4)15-20(21)3/h6-10,15-16,19H,11-14,17-18H2,1-5H3. The Hall–Kier alpha value is -2.57. The van der Waals surface area contributed by atoms with Gasteiger partial charge >= 0.3 is 0 Å². The molecule has 168 valence electrons. The average Bonchev–Trinajstić information content (AvgIpc) is 2.76. The predicted octanol–water partition coefficient (Wildman–Crippen LogP) is 3.57. The highest BCUT2D eigenvalue weighted by atomic mass is 16.5. The molecule has 2 aromatic rings. The van der Waals surface area contributed by atoms with Crippen molar-refractivity contribution in [3.63, 3.8) is 0 Å². The van der Waals surface area contributed by atoms with E-state index in [0.717, 1.165) is 49.9 Å².